The SMILES string of the molecule is CC(C)S(=O)(=O)c1ccc(COC(=O)c2cn(-c3ccccc3)nc2-c2ccccc2)cc1. The minimum Gasteiger partial charge on any atom is -0.457 e. The second kappa shape index (κ2) is 9.42. The van der Waals surface area contributed by atoms with E-state index in [-0.39, 0.29) is 11.5 Å². The summed E-state index contributed by atoms with van der Waals surface area (Å²) in [6.45, 7) is 3.31. The van der Waals surface area contributed by atoms with Crippen molar-refractivity contribution in [3.8, 4) is 16.9 Å². The van der Waals surface area contributed by atoms with Crippen LogP contribution in [0, 0.1) is 0 Å². The number of benzene rings is 3. The number of carbonyl (C=O) groups is 1. The Balaban J connectivity index is 1.57. The van der Waals surface area contributed by atoms with E-state index in [1.54, 1.807) is 49.0 Å². The Morgan fingerprint density at radius 2 is 1.52 bits per heavy atom. The highest BCUT2D eigenvalue weighted by molar-refractivity contribution is 7.92. The van der Waals surface area contributed by atoms with Crippen molar-refractivity contribution in [3.05, 3.63) is 102 Å². The highest BCUT2D eigenvalue weighted by Gasteiger charge is 2.21. The number of rotatable bonds is 7. The molecule has 1 aromatic heterocycles. The smallest absolute Gasteiger partial charge is 0.342 e. The van der Waals surface area contributed by atoms with E-state index in [1.807, 2.05) is 60.7 Å². The maximum Gasteiger partial charge on any atom is 0.342 e. The predicted molar refractivity (Wildman–Crippen MR) is 127 cm³/mol. The first-order chi connectivity index (χ1) is 15.9. The molecule has 3 aromatic carbocycles. The number of sulfone groups is 1. The largest absolute Gasteiger partial charge is 0.457 e. The third-order valence-corrected chi connectivity index (χ3v) is 7.41. The van der Waals surface area contributed by atoms with Crippen LogP contribution in [0.25, 0.3) is 16.9 Å². The van der Waals surface area contributed by atoms with Gasteiger partial charge in [-0.25, -0.2) is 17.9 Å². The summed E-state index contributed by atoms with van der Waals surface area (Å²) in [5.41, 5.74) is 3.22. The van der Waals surface area contributed by atoms with Crippen molar-refractivity contribution in [3.63, 3.8) is 0 Å². The monoisotopic (exact) mass is 460 g/mol. The van der Waals surface area contributed by atoms with Crippen LogP contribution >= 0.6 is 0 Å². The maximum atomic E-state index is 13.0. The first kappa shape index (κ1) is 22.5. The fraction of sp³-hybridized carbons (Fsp3) is 0.154. The number of esters is 1. The van der Waals surface area contributed by atoms with Gasteiger partial charge in [0.15, 0.2) is 9.84 Å². The molecule has 7 heteroatoms. The fourth-order valence-corrected chi connectivity index (χ4v) is 4.38. The molecule has 0 aliphatic carbocycles. The van der Waals surface area contributed by atoms with E-state index >= 15 is 0 Å². The molecule has 0 saturated heterocycles. The van der Waals surface area contributed by atoms with Gasteiger partial charge >= 0.3 is 5.97 Å². The first-order valence-electron chi connectivity index (χ1n) is 10.6. The minimum absolute atomic E-state index is 0.0194. The molecule has 0 saturated carbocycles. The number of hydrogen-bond donors (Lipinski definition) is 0. The van der Waals surface area contributed by atoms with Crippen molar-refractivity contribution in [2.45, 2.75) is 30.6 Å². The van der Waals surface area contributed by atoms with Gasteiger partial charge in [0.25, 0.3) is 0 Å². The number of hydrogen-bond acceptors (Lipinski definition) is 5. The van der Waals surface area contributed by atoms with Crippen molar-refractivity contribution in [1.29, 1.82) is 0 Å². The fourth-order valence-electron chi connectivity index (χ4n) is 3.32. The van der Waals surface area contributed by atoms with Crippen LogP contribution in [-0.4, -0.2) is 29.4 Å². The van der Waals surface area contributed by atoms with Crippen molar-refractivity contribution in [2.24, 2.45) is 0 Å². The maximum absolute atomic E-state index is 13.0. The van der Waals surface area contributed by atoms with Crippen molar-refractivity contribution in [1.82, 2.24) is 9.78 Å². The zero-order valence-electron chi connectivity index (χ0n) is 18.4. The third-order valence-electron chi connectivity index (χ3n) is 5.24. The van der Waals surface area contributed by atoms with Gasteiger partial charge in [0.05, 0.1) is 15.8 Å². The molecule has 0 N–H and O–H groups in total. The molecule has 0 fully saturated rings. The molecular formula is C26H24N2O4S. The lowest BCUT2D eigenvalue weighted by atomic mass is 10.1. The van der Waals surface area contributed by atoms with Crippen LogP contribution < -0.4 is 0 Å². The Hall–Kier alpha value is -3.71. The van der Waals surface area contributed by atoms with E-state index in [2.05, 4.69) is 5.10 Å². The molecule has 33 heavy (non-hydrogen) atoms. The van der Waals surface area contributed by atoms with Crippen molar-refractivity contribution in [2.75, 3.05) is 0 Å². The third kappa shape index (κ3) is 4.88. The molecule has 4 aromatic rings. The Bertz CT molecular complexity index is 1340. The molecule has 0 atom stereocenters. The lowest BCUT2D eigenvalue weighted by molar-refractivity contribution is 0.0473. The summed E-state index contributed by atoms with van der Waals surface area (Å²) in [5, 5.41) is 4.13. The molecule has 0 spiro atoms. The molecule has 6 nitrogen and oxygen atoms in total. The van der Waals surface area contributed by atoms with Gasteiger partial charge in [-0.2, -0.15) is 5.10 Å². The average molecular weight is 461 g/mol. The number of ether oxygens (including phenoxy) is 1. The molecule has 4 rings (SSSR count). The van der Waals surface area contributed by atoms with Gasteiger partial charge in [-0.15, -0.1) is 0 Å². The zero-order chi connectivity index (χ0) is 23.4. The average Bonchev–Trinajstić information content (AvgIpc) is 3.29. The van der Waals surface area contributed by atoms with Gasteiger partial charge in [0.2, 0.25) is 0 Å². The van der Waals surface area contributed by atoms with E-state index in [4.69, 9.17) is 4.74 Å². The lowest BCUT2D eigenvalue weighted by Crippen LogP contribution is -2.14. The Morgan fingerprint density at radius 1 is 0.909 bits per heavy atom. The number of aromatic nitrogens is 2. The second-order valence-corrected chi connectivity index (χ2v) is 10.4. The van der Waals surface area contributed by atoms with Crippen molar-refractivity contribution < 1.29 is 17.9 Å². The van der Waals surface area contributed by atoms with Crippen molar-refractivity contribution >= 4 is 15.8 Å². The van der Waals surface area contributed by atoms with E-state index < -0.39 is 21.1 Å². The quantitative estimate of drug-likeness (QED) is 0.360. The summed E-state index contributed by atoms with van der Waals surface area (Å²) in [6.07, 6.45) is 1.66. The number of nitrogens with zero attached hydrogens (tertiary/aromatic N) is 2. The number of para-hydroxylation sites is 1. The van der Waals surface area contributed by atoms with Gasteiger partial charge in [-0.05, 0) is 43.7 Å². The van der Waals surface area contributed by atoms with Crippen LogP contribution in [0.1, 0.15) is 29.8 Å². The standard InChI is InChI=1S/C26H24N2O4S/c1-19(2)33(30,31)23-15-13-20(14-16-23)18-32-26(29)24-17-28(22-11-7-4-8-12-22)27-25(24)21-9-5-3-6-10-21/h3-17,19H,18H2,1-2H3. The van der Waals surface area contributed by atoms with Crippen LogP contribution in [0.15, 0.2) is 96.0 Å². The molecule has 0 aliphatic rings. The Kier molecular flexibility index (Phi) is 6.42. The Morgan fingerprint density at radius 3 is 2.12 bits per heavy atom. The molecule has 0 aliphatic heterocycles. The van der Waals surface area contributed by atoms with Gasteiger partial charge in [0, 0.05) is 11.8 Å². The Labute approximate surface area is 193 Å². The summed E-state index contributed by atoms with van der Waals surface area (Å²) in [5.74, 6) is -0.505. The van der Waals surface area contributed by atoms with Gasteiger partial charge in [-0.1, -0.05) is 60.7 Å². The molecule has 0 amide bonds. The van der Waals surface area contributed by atoms with Crippen LogP contribution in [0.2, 0.25) is 0 Å². The highest BCUT2D eigenvalue weighted by atomic mass is 32.2. The highest BCUT2D eigenvalue weighted by Crippen LogP contribution is 2.25. The molecule has 0 bridgehead atoms. The van der Waals surface area contributed by atoms with E-state index in [0.717, 1.165) is 11.3 Å². The van der Waals surface area contributed by atoms with Crippen LogP contribution in [-0.2, 0) is 21.2 Å². The summed E-state index contributed by atoms with van der Waals surface area (Å²) in [7, 11) is -3.35. The summed E-state index contributed by atoms with van der Waals surface area (Å²) in [6, 6.07) is 25.4. The molecule has 0 unspecified atom stereocenters. The predicted octanol–water partition coefficient (Wildman–Crippen LogP) is 5.08. The molecule has 1 heterocycles. The lowest BCUT2D eigenvalue weighted by Gasteiger charge is -2.09. The van der Waals surface area contributed by atoms with E-state index in [1.165, 1.54) is 0 Å². The summed E-state index contributed by atoms with van der Waals surface area (Å²) < 4.78 is 31.8. The van der Waals surface area contributed by atoms with E-state index in [9.17, 15) is 13.2 Å². The second-order valence-electron chi connectivity index (χ2n) is 7.85. The first-order valence-corrected chi connectivity index (χ1v) is 12.1. The van der Waals surface area contributed by atoms with Gasteiger partial charge in [0.1, 0.15) is 17.9 Å². The summed E-state index contributed by atoms with van der Waals surface area (Å²) >= 11 is 0. The molecular weight excluding hydrogens is 436 g/mol. The topological polar surface area (TPSA) is 78.3 Å². The van der Waals surface area contributed by atoms with Crippen LogP contribution in [0.5, 0.6) is 0 Å². The van der Waals surface area contributed by atoms with Gasteiger partial charge < -0.3 is 4.74 Å². The number of carbonyl (C=O) groups excluding carboxylic acids is 1. The zero-order valence-corrected chi connectivity index (χ0v) is 19.2. The van der Waals surface area contributed by atoms with Crippen LogP contribution in [0.3, 0.4) is 0 Å². The molecule has 168 valence electrons. The van der Waals surface area contributed by atoms with Crippen LogP contribution in [0.4, 0.5) is 0 Å². The van der Waals surface area contributed by atoms with E-state index in [0.29, 0.717) is 16.8 Å². The van der Waals surface area contributed by atoms with Gasteiger partial charge in [-0.3, -0.25) is 0 Å². The minimum atomic E-state index is -3.35. The molecule has 0 radical (unpaired) electrons. The summed E-state index contributed by atoms with van der Waals surface area (Å²) in [4.78, 5) is 13.3. The normalized spacial score (nSPS) is 11.5.